The summed E-state index contributed by atoms with van der Waals surface area (Å²) in [7, 11) is 0. The van der Waals surface area contributed by atoms with Crippen molar-refractivity contribution in [2.24, 2.45) is 0 Å². The second kappa shape index (κ2) is 8.44. The van der Waals surface area contributed by atoms with Crippen molar-refractivity contribution >= 4 is 38.3 Å². The minimum Gasteiger partial charge on any atom is -0.321 e. The Kier molecular flexibility index (Phi) is 5.33. The van der Waals surface area contributed by atoms with Gasteiger partial charge in [0, 0.05) is 15.7 Å². The molecule has 0 aliphatic carbocycles. The van der Waals surface area contributed by atoms with Crippen LogP contribution >= 0.6 is 15.9 Å². The average Bonchev–Trinajstić information content (AvgIpc) is 3.26. The van der Waals surface area contributed by atoms with E-state index in [0.29, 0.717) is 5.69 Å². The Morgan fingerprint density at radius 1 is 0.875 bits per heavy atom. The first-order chi connectivity index (χ1) is 15.6. The summed E-state index contributed by atoms with van der Waals surface area (Å²) >= 11 is 3.42. The number of carbonyl (C=O) groups excluding carboxylic acids is 1. The molecule has 0 atom stereocenters. The fraction of sp³-hybridized carbons (Fsp3) is 0.0370. The second-order valence-electron chi connectivity index (χ2n) is 7.65. The number of halogens is 1. The van der Waals surface area contributed by atoms with Crippen LogP contribution in [0.2, 0.25) is 0 Å². The molecule has 32 heavy (non-hydrogen) atoms. The molecule has 5 aromatic rings. The van der Waals surface area contributed by atoms with Crippen molar-refractivity contribution in [3.05, 3.63) is 113 Å². The fourth-order valence-electron chi connectivity index (χ4n) is 3.74. The highest BCUT2D eigenvalue weighted by Gasteiger charge is 2.18. The number of nitrogens with one attached hydrogen (secondary N) is 1. The van der Waals surface area contributed by atoms with Crippen molar-refractivity contribution < 1.29 is 4.79 Å². The summed E-state index contributed by atoms with van der Waals surface area (Å²) < 4.78 is 2.80. The number of anilines is 1. The van der Waals surface area contributed by atoms with Gasteiger partial charge in [0.15, 0.2) is 5.69 Å². The number of aryl methyl sites for hydroxylation is 1. The summed E-state index contributed by atoms with van der Waals surface area (Å²) in [5.41, 5.74) is 5.04. The van der Waals surface area contributed by atoms with Crippen LogP contribution < -0.4 is 5.32 Å². The number of amides is 1. The largest absolute Gasteiger partial charge is 0.321 e. The van der Waals surface area contributed by atoms with Crippen LogP contribution in [0.5, 0.6) is 0 Å². The van der Waals surface area contributed by atoms with Crippen LogP contribution in [0, 0.1) is 6.92 Å². The first-order valence-electron chi connectivity index (χ1n) is 10.3. The number of aromatic nitrogens is 2. The van der Waals surface area contributed by atoms with E-state index in [-0.39, 0.29) is 5.91 Å². The Morgan fingerprint density at radius 2 is 1.59 bits per heavy atom. The molecule has 1 aromatic heterocycles. The first-order valence-corrected chi connectivity index (χ1v) is 11.1. The predicted molar refractivity (Wildman–Crippen MR) is 133 cm³/mol. The van der Waals surface area contributed by atoms with Gasteiger partial charge in [0.25, 0.3) is 5.91 Å². The lowest BCUT2D eigenvalue weighted by Crippen LogP contribution is -2.13. The van der Waals surface area contributed by atoms with Crippen LogP contribution in [0.3, 0.4) is 0 Å². The molecule has 0 saturated carbocycles. The number of nitrogens with zero attached hydrogens (tertiary/aromatic N) is 2. The number of hydrogen-bond donors (Lipinski definition) is 1. The minimum atomic E-state index is -0.250. The summed E-state index contributed by atoms with van der Waals surface area (Å²) in [5.74, 6) is -0.250. The maximum absolute atomic E-state index is 13.0. The molecule has 4 nitrogen and oxygen atoms in total. The molecule has 0 aliphatic rings. The molecule has 0 saturated heterocycles. The van der Waals surface area contributed by atoms with Crippen LogP contribution in [0.15, 0.2) is 102 Å². The van der Waals surface area contributed by atoms with Crippen LogP contribution in [0.1, 0.15) is 16.1 Å². The molecule has 0 aliphatic heterocycles. The smallest absolute Gasteiger partial charge is 0.276 e. The third-order valence-electron chi connectivity index (χ3n) is 5.39. The van der Waals surface area contributed by atoms with Crippen molar-refractivity contribution in [2.45, 2.75) is 6.92 Å². The summed E-state index contributed by atoms with van der Waals surface area (Å²) in [6.45, 7) is 2.05. The maximum atomic E-state index is 13.0. The summed E-state index contributed by atoms with van der Waals surface area (Å²) in [6, 6.07) is 31.9. The third-order valence-corrected chi connectivity index (χ3v) is 5.92. The van der Waals surface area contributed by atoms with Gasteiger partial charge in [-0.05, 0) is 60.2 Å². The van der Waals surface area contributed by atoms with Gasteiger partial charge in [-0.25, -0.2) is 4.68 Å². The Morgan fingerprint density at radius 3 is 2.38 bits per heavy atom. The first kappa shape index (κ1) is 20.2. The molecule has 0 bridgehead atoms. The molecule has 156 valence electrons. The standard InChI is InChI=1S/C27H20BrN3O/c1-18-9-15-22(16-10-18)31-26(24-8-4-6-19-5-2-3-7-23(19)24)17-25(30-31)27(32)29-21-13-11-20(28)12-14-21/h2-17H,1H3,(H,29,32). The zero-order chi connectivity index (χ0) is 22.1. The lowest BCUT2D eigenvalue weighted by atomic mass is 10.0. The van der Waals surface area contributed by atoms with E-state index < -0.39 is 0 Å². The SMILES string of the molecule is Cc1ccc(-n2nc(C(=O)Nc3ccc(Br)cc3)cc2-c2cccc3ccccc23)cc1. The third kappa shape index (κ3) is 3.95. The molecular formula is C27H20BrN3O. The molecule has 1 amide bonds. The van der Waals surface area contributed by atoms with E-state index in [9.17, 15) is 4.79 Å². The Balaban J connectivity index is 1.63. The summed E-state index contributed by atoms with van der Waals surface area (Å²) in [5, 5.41) is 9.90. The number of hydrogen-bond acceptors (Lipinski definition) is 2. The molecule has 0 fully saturated rings. The van der Waals surface area contributed by atoms with E-state index in [1.807, 2.05) is 77.5 Å². The molecule has 5 rings (SSSR count). The molecule has 5 heteroatoms. The second-order valence-corrected chi connectivity index (χ2v) is 8.57. The van der Waals surface area contributed by atoms with Gasteiger partial charge in [-0.2, -0.15) is 5.10 Å². The molecule has 0 radical (unpaired) electrons. The quantitative estimate of drug-likeness (QED) is 0.299. The van der Waals surface area contributed by atoms with Gasteiger partial charge < -0.3 is 5.32 Å². The van der Waals surface area contributed by atoms with Crippen LogP contribution in [-0.4, -0.2) is 15.7 Å². The highest BCUT2D eigenvalue weighted by atomic mass is 79.9. The average molecular weight is 482 g/mol. The lowest BCUT2D eigenvalue weighted by Gasteiger charge is -2.10. The summed E-state index contributed by atoms with van der Waals surface area (Å²) in [4.78, 5) is 13.0. The Hall–Kier alpha value is -3.70. The predicted octanol–water partition coefficient (Wildman–Crippen LogP) is 7.02. The van der Waals surface area contributed by atoms with Gasteiger partial charge in [-0.3, -0.25) is 4.79 Å². The fourth-order valence-corrected chi connectivity index (χ4v) is 4.01. The summed E-state index contributed by atoms with van der Waals surface area (Å²) in [6.07, 6.45) is 0. The maximum Gasteiger partial charge on any atom is 0.276 e. The Bertz CT molecular complexity index is 1410. The Labute approximate surface area is 194 Å². The van der Waals surface area contributed by atoms with Gasteiger partial charge in [0.2, 0.25) is 0 Å². The van der Waals surface area contributed by atoms with Crippen LogP contribution in [0.25, 0.3) is 27.7 Å². The van der Waals surface area contributed by atoms with E-state index in [0.717, 1.165) is 37.9 Å². The topological polar surface area (TPSA) is 46.9 Å². The number of carbonyl (C=O) groups is 1. The van der Waals surface area contributed by atoms with E-state index in [2.05, 4.69) is 52.4 Å². The van der Waals surface area contributed by atoms with E-state index >= 15 is 0 Å². The number of benzene rings is 4. The van der Waals surface area contributed by atoms with Crippen molar-refractivity contribution in [3.63, 3.8) is 0 Å². The van der Waals surface area contributed by atoms with Gasteiger partial charge >= 0.3 is 0 Å². The molecule has 0 unspecified atom stereocenters. The van der Waals surface area contributed by atoms with Crippen LogP contribution in [0.4, 0.5) is 5.69 Å². The van der Waals surface area contributed by atoms with Gasteiger partial charge in [-0.15, -0.1) is 0 Å². The highest BCUT2D eigenvalue weighted by Crippen LogP contribution is 2.31. The van der Waals surface area contributed by atoms with E-state index in [1.165, 1.54) is 5.56 Å². The normalized spacial score (nSPS) is 10.9. The van der Waals surface area contributed by atoms with Gasteiger partial charge in [0.1, 0.15) is 0 Å². The molecular weight excluding hydrogens is 462 g/mol. The molecule has 0 spiro atoms. The van der Waals surface area contributed by atoms with E-state index in [4.69, 9.17) is 5.10 Å². The van der Waals surface area contributed by atoms with Gasteiger partial charge in [-0.1, -0.05) is 76.1 Å². The van der Waals surface area contributed by atoms with Crippen molar-refractivity contribution in [1.29, 1.82) is 0 Å². The van der Waals surface area contributed by atoms with Crippen molar-refractivity contribution in [1.82, 2.24) is 9.78 Å². The van der Waals surface area contributed by atoms with E-state index in [1.54, 1.807) is 0 Å². The number of fused-ring (bicyclic) bond motifs is 1. The lowest BCUT2D eigenvalue weighted by molar-refractivity contribution is 0.102. The molecule has 4 aromatic carbocycles. The van der Waals surface area contributed by atoms with Crippen molar-refractivity contribution in [3.8, 4) is 16.9 Å². The zero-order valence-electron chi connectivity index (χ0n) is 17.4. The molecule has 1 heterocycles. The molecule has 1 N–H and O–H groups in total. The minimum absolute atomic E-state index is 0.250. The highest BCUT2D eigenvalue weighted by molar-refractivity contribution is 9.10. The van der Waals surface area contributed by atoms with Crippen molar-refractivity contribution in [2.75, 3.05) is 5.32 Å². The monoisotopic (exact) mass is 481 g/mol. The zero-order valence-corrected chi connectivity index (χ0v) is 19.0. The number of rotatable bonds is 4. The van der Waals surface area contributed by atoms with Crippen LogP contribution in [-0.2, 0) is 0 Å². The van der Waals surface area contributed by atoms with Gasteiger partial charge in [0.05, 0.1) is 11.4 Å².